The third-order valence-electron chi connectivity index (χ3n) is 2.85. The molecule has 0 aliphatic rings. The average Bonchev–Trinajstić information content (AvgIpc) is 2.52. The van der Waals surface area contributed by atoms with Crippen molar-refractivity contribution in [3.8, 4) is 11.5 Å². The molecule has 0 fully saturated rings. The Kier molecular flexibility index (Phi) is 5.05. The van der Waals surface area contributed by atoms with Crippen molar-refractivity contribution >= 4 is 21.8 Å². The largest absolute Gasteiger partial charge is 0.496 e. The van der Waals surface area contributed by atoms with Crippen molar-refractivity contribution in [1.29, 1.82) is 0 Å². The molecule has 0 unspecified atom stereocenters. The van der Waals surface area contributed by atoms with E-state index in [4.69, 9.17) is 20.4 Å². The molecule has 0 atom stereocenters. The first-order chi connectivity index (χ1) is 10.1. The van der Waals surface area contributed by atoms with Gasteiger partial charge >= 0.3 is 0 Å². The number of hydrogen-bond donors (Lipinski definition) is 2. The van der Waals surface area contributed by atoms with Crippen molar-refractivity contribution in [1.82, 2.24) is 0 Å². The number of oxime groups is 1. The molecule has 0 aliphatic carbocycles. The standard InChI is InChI=1S/C15H15BrN2O3/c1-20-14-6-5-10(7-13(14)15(17)18-19)9-21-12-4-2-3-11(16)8-12/h2-8,19H,9H2,1H3,(H2,17,18). The van der Waals surface area contributed by atoms with Crippen molar-refractivity contribution in [2.75, 3.05) is 7.11 Å². The van der Waals surface area contributed by atoms with E-state index < -0.39 is 0 Å². The zero-order chi connectivity index (χ0) is 15.2. The molecule has 5 nitrogen and oxygen atoms in total. The number of amidine groups is 1. The van der Waals surface area contributed by atoms with Gasteiger partial charge in [-0.15, -0.1) is 0 Å². The van der Waals surface area contributed by atoms with Crippen molar-refractivity contribution < 1.29 is 14.7 Å². The van der Waals surface area contributed by atoms with Crippen LogP contribution < -0.4 is 15.2 Å². The first-order valence-electron chi connectivity index (χ1n) is 6.17. The SMILES string of the molecule is COc1ccc(COc2cccc(Br)c2)cc1C(N)=NO. The van der Waals surface area contributed by atoms with Crippen LogP contribution >= 0.6 is 15.9 Å². The van der Waals surface area contributed by atoms with Gasteiger partial charge in [0.25, 0.3) is 0 Å². The number of hydrogen-bond acceptors (Lipinski definition) is 4. The summed E-state index contributed by atoms with van der Waals surface area (Å²) in [5.41, 5.74) is 7.05. The molecule has 0 radical (unpaired) electrons. The van der Waals surface area contributed by atoms with Gasteiger partial charge in [-0.05, 0) is 35.9 Å². The fraction of sp³-hybridized carbons (Fsp3) is 0.133. The van der Waals surface area contributed by atoms with Gasteiger partial charge in [0.05, 0.1) is 12.7 Å². The minimum atomic E-state index is -0.00356. The first kappa shape index (κ1) is 15.2. The molecule has 0 aromatic heterocycles. The van der Waals surface area contributed by atoms with E-state index in [1.165, 1.54) is 7.11 Å². The van der Waals surface area contributed by atoms with E-state index in [9.17, 15) is 0 Å². The lowest BCUT2D eigenvalue weighted by atomic mass is 10.1. The highest BCUT2D eigenvalue weighted by Crippen LogP contribution is 2.22. The van der Waals surface area contributed by atoms with Crippen LogP contribution in [-0.2, 0) is 6.61 Å². The Bertz CT molecular complexity index is 659. The van der Waals surface area contributed by atoms with Gasteiger partial charge in [0.2, 0.25) is 0 Å². The van der Waals surface area contributed by atoms with E-state index in [1.54, 1.807) is 12.1 Å². The number of nitrogens with zero attached hydrogens (tertiary/aromatic N) is 1. The topological polar surface area (TPSA) is 77.1 Å². The Morgan fingerprint density at radius 2 is 2.10 bits per heavy atom. The Morgan fingerprint density at radius 3 is 2.76 bits per heavy atom. The number of benzene rings is 2. The molecule has 0 saturated heterocycles. The summed E-state index contributed by atoms with van der Waals surface area (Å²) in [5.74, 6) is 1.29. The monoisotopic (exact) mass is 350 g/mol. The Labute approximate surface area is 131 Å². The summed E-state index contributed by atoms with van der Waals surface area (Å²) >= 11 is 3.39. The van der Waals surface area contributed by atoms with Crippen LogP contribution in [0.1, 0.15) is 11.1 Å². The van der Waals surface area contributed by atoms with E-state index in [2.05, 4.69) is 21.1 Å². The molecule has 0 amide bonds. The van der Waals surface area contributed by atoms with E-state index in [0.717, 1.165) is 15.8 Å². The summed E-state index contributed by atoms with van der Waals surface area (Å²) in [6.07, 6.45) is 0. The van der Waals surface area contributed by atoms with Crippen molar-refractivity contribution in [2.45, 2.75) is 6.61 Å². The zero-order valence-corrected chi connectivity index (χ0v) is 13.0. The van der Waals surface area contributed by atoms with Crippen molar-refractivity contribution in [3.05, 3.63) is 58.1 Å². The van der Waals surface area contributed by atoms with E-state index in [1.807, 2.05) is 30.3 Å². The highest BCUT2D eigenvalue weighted by atomic mass is 79.9. The highest BCUT2D eigenvalue weighted by molar-refractivity contribution is 9.10. The lowest BCUT2D eigenvalue weighted by molar-refractivity contribution is 0.305. The van der Waals surface area contributed by atoms with Crippen LogP contribution in [0.25, 0.3) is 0 Å². The number of methoxy groups -OCH3 is 1. The van der Waals surface area contributed by atoms with Gasteiger partial charge in [0, 0.05) is 4.47 Å². The van der Waals surface area contributed by atoms with Crippen LogP contribution in [0.4, 0.5) is 0 Å². The summed E-state index contributed by atoms with van der Waals surface area (Å²) in [6, 6.07) is 13.0. The molecule has 0 aliphatic heterocycles. The zero-order valence-electron chi connectivity index (χ0n) is 11.4. The molecule has 110 valence electrons. The summed E-state index contributed by atoms with van der Waals surface area (Å²) < 4.78 is 11.8. The predicted octanol–water partition coefficient (Wildman–Crippen LogP) is 3.13. The molecule has 0 saturated carbocycles. The van der Waals surface area contributed by atoms with Crippen LogP contribution in [0.5, 0.6) is 11.5 Å². The van der Waals surface area contributed by atoms with E-state index >= 15 is 0 Å². The Hall–Kier alpha value is -2.21. The van der Waals surface area contributed by atoms with Crippen LogP contribution in [-0.4, -0.2) is 18.2 Å². The molecule has 6 heteroatoms. The van der Waals surface area contributed by atoms with Gasteiger partial charge in [0.15, 0.2) is 5.84 Å². The van der Waals surface area contributed by atoms with Gasteiger partial charge in [-0.25, -0.2) is 0 Å². The summed E-state index contributed by atoms with van der Waals surface area (Å²) in [6.45, 7) is 0.367. The molecular formula is C15H15BrN2O3. The molecule has 2 aromatic carbocycles. The second-order valence-electron chi connectivity index (χ2n) is 4.27. The number of ether oxygens (including phenoxy) is 2. The average molecular weight is 351 g/mol. The fourth-order valence-electron chi connectivity index (χ4n) is 1.82. The summed E-state index contributed by atoms with van der Waals surface area (Å²) in [7, 11) is 1.53. The van der Waals surface area contributed by atoms with E-state index in [0.29, 0.717) is 17.9 Å². The van der Waals surface area contributed by atoms with E-state index in [-0.39, 0.29) is 5.84 Å². The molecular weight excluding hydrogens is 336 g/mol. The molecule has 0 spiro atoms. The Balaban J connectivity index is 2.17. The minimum Gasteiger partial charge on any atom is -0.496 e. The third kappa shape index (κ3) is 3.88. The summed E-state index contributed by atoms with van der Waals surface area (Å²) in [5, 5.41) is 11.8. The van der Waals surface area contributed by atoms with Crippen molar-refractivity contribution in [2.24, 2.45) is 10.9 Å². The number of halogens is 1. The van der Waals surface area contributed by atoms with Crippen LogP contribution in [0.3, 0.4) is 0 Å². The lowest BCUT2D eigenvalue weighted by Gasteiger charge is -2.11. The quantitative estimate of drug-likeness (QED) is 0.376. The minimum absolute atomic E-state index is 0.00356. The van der Waals surface area contributed by atoms with Gasteiger partial charge in [-0.3, -0.25) is 0 Å². The fourth-order valence-corrected chi connectivity index (χ4v) is 2.20. The lowest BCUT2D eigenvalue weighted by Crippen LogP contribution is -2.15. The molecule has 3 N–H and O–H groups in total. The van der Waals surface area contributed by atoms with Crippen molar-refractivity contribution in [3.63, 3.8) is 0 Å². The maximum atomic E-state index is 8.81. The number of rotatable bonds is 5. The van der Waals surface area contributed by atoms with Gasteiger partial charge in [0.1, 0.15) is 18.1 Å². The third-order valence-corrected chi connectivity index (χ3v) is 3.34. The maximum absolute atomic E-state index is 8.81. The second kappa shape index (κ2) is 6.99. The molecule has 0 heterocycles. The van der Waals surface area contributed by atoms with Crippen LogP contribution in [0.2, 0.25) is 0 Å². The highest BCUT2D eigenvalue weighted by Gasteiger charge is 2.09. The molecule has 2 aromatic rings. The smallest absolute Gasteiger partial charge is 0.173 e. The first-order valence-corrected chi connectivity index (χ1v) is 6.96. The van der Waals surface area contributed by atoms with Gasteiger partial charge in [-0.1, -0.05) is 33.2 Å². The second-order valence-corrected chi connectivity index (χ2v) is 5.18. The van der Waals surface area contributed by atoms with Gasteiger partial charge < -0.3 is 20.4 Å². The molecule has 2 rings (SSSR count). The van der Waals surface area contributed by atoms with Crippen LogP contribution in [0.15, 0.2) is 52.1 Å². The normalized spacial score (nSPS) is 11.2. The maximum Gasteiger partial charge on any atom is 0.173 e. The van der Waals surface area contributed by atoms with Gasteiger partial charge in [-0.2, -0.15) is 0 Å². The van der Waals surface area contributed by atoms with Crippen LogP contribution in [0, 0.1) is 0 Å². The molecule has 21 heavy (non-hydrogen) atoms. The molecule has 0 bridgehead atoms. The predicted molar refractivity (Wildman–Crippen MR) is 84.0 cm³/mol. The Morgan fingerprint density at radius 1 is 1.29 bits per heavy atom. The number of nitrogens with two attached hydrogens (primary N) is 1. The summed E-state index contributed by atoms with van der Waals surface area (Å²) in [4.78, 5) is 0.